The van der Waals surface area contributed by atoms with Crippen LogP contribution in [0.4, 0.5) is 0 Å². The molecular formula is C9H16O2. The van der Waals surface area contributed by atoms with E-state index in [4.69, 9.17) is 5.11 Å². The first kappa shape index (κ1) is 10.2. The molecule has 64 valence electrons. The van der Waals surface area contributed by atoms with E-state index in [-0.39, 0.29) is 5.92 Å². The first-order valence-corrected chi connectivity index (χ1v) is 3.96. The molecule has 1 N–H and O–H groups in total. The van der Waals surface area contributed by atoms with Gasteiger partial charge in [0.05, 0.1) is 5.92 Å². The van der Waals surface area contributed by atoms with E-state index in [0.717, 1.165) is 6.42 Å². The number of allylic oxidation sites excluding steroid dienone is 2. The molecule has 0 saturated heterocycles. The summed E-state index contributed by atoms with van der Waals surface area (Å²) in [5.74, 6) is -0.966. The smallest absolute Gasteiger partial charge is 0.306 e. The first-order valence-electron chi connectivity index (χ1n) is 3.96. The van der Waals surface area contributed by atoms with Gasteiger partial charge in [-0.15, -0.1) is 0 Å². The minimum Gasteiger partial charge on any atom is -0.481 e. The summed E-state index contributed by atoms with van der Waals surface area (Å²) >= 11 is 0. The van der Waals surface area contributed by atoms with Crippen LogP contribution in [0.3, 0.4) is 0 Å². The van der Waals surface area contributed by atoms with Crippen molar-refractivity contribution in [2.45, 2.75) is 33.6 Å². The van der Waals surface area contributed by atoms with Gasteiger partial charge in [0.2, 0.25) is 0 Å². The Bertz CT molecular complexity index is 159. The van der Waals surface area contributed by atoms with Crippen LogP contribution in [0.1, 0.15) is 33.6 Å². The maximum atomic E-state index is 10.4. The molecule has 0 rings (SSSR count). The lowest BCUT2D eigenvalue weighted by molar-refractivity contribution is -0.141. The molecule has 0 fully saturated rings. The Labute approximate surface area is 67.9 Å². The van der Waals surface area contributed by atoms with Gasteiger partial charge < -0.3 is 5.11 Å². The molecule has 2 nitrogen and oxygen atoms in total. The maximum Gasteiger partial charge on any atom is 0.306 e. The maximum absolute atomic E-state index is 10.4. The monoisotopic (exact) mass is 156 g/mol. The summed E-state index contributed by atoms with van der Waals surface area (Å²) in [6.07, 6.45) is 3.72. The fourth-order valence-electron chi connectivity index (χ4n) is 1.00. The number of carbonyl (C=O) groups is 1. The molecule has 0 aromatic carbocycles. The van der Waals surface area contributed by atoms with E-state index in [2.05, 4.69) is 13.0 Å². The van der Waals surface area contributed by atoms with E-state index in [1.54, 1.807) is 6.92 Å². The average molecular weight is 156 g/mol. The quantitative estimate of drug-likeness (QED) is 0.635. The Morgan fingerprint density at radius 2 is 2.18 bits per heavy atom. The fraction of sp³-hybridized carbons (Fsp3) is 0.667. The molecule has 11 heavy (non-hydrogen) atoms. The zero-order valence-corrected chi connectivity index (χ0v) is 7.42. The van der Waals surface area contributed by atoms with E-state index in [1.165, 1.54) is 5.57 Å². The third kappa shape index (κ3) is 4.59. The summed E-state index contributed by atoms with van der Waals surface area (Å²) in [6.45, 7) is 5.76. The van der Waals surface area contributed by atoms with Crippen molar-refractivity contribution in [1.82, 2.24) is 0 Å². The SMILES string of the molecule is CC/C=C(\C)C[C@@H](C)C(=O)O. The Kier molecular flexibility index (Phi) is 4.59. The number of hydrogen-bond acceptors (Lipinski definition) is 1. The molecule has 2 heteroatoms. The Hall–Kier alpha value is -0.790. The van der Waals surface area contributed by atoms with E-state index >= 15 is 0 Å². The normalized spacial score (nSPS) is 14.6. The molecule has 0 bridgehead atoms. The third-order valence-corrected chi connectivity index (χ3v) is 1.60. The number of hydrogen-bond donors (Lipinski definition) is 1. The second-order valence-electron chi connectivity index (χ2n) is 2.90. The van der Waals surface area contributed by atoms with Crippen LogP contribution in [0.25, 0.3) is 0 Å². The highest BCUT2D eigenvalue weighted by molar-refractivity contribution is 5.69. The van der Waals surface area contributed by atoms with Crippen molar-refractivity contribution in [1.29, 1.82) is 0 Å². The third-order valence-electron chi connectivity index (χ3n) is 1.60. The number of carboxylic acid groups (broad SMARTS) is 1. The topological polar surface area (TPSA) is 37.3 Å². The predicted molar refractivity (Wildman–Crippen MR) is 45.5 cm³/mol. The van der Waals surface area contributed by atoms with Gasteiger partial charge in [0.15, 0.2) is 0 Å². The minimum atomic E-state index is -0.714. The molecular weight excluding hydrogens is 140 g/mol. The van der Waals surface area contributed by atoms with Gasteiger partial charge in [0, 0.05) is 0 Å². The van der Waals surface area contributed by atoms with Crippen LogP contribution in [-0.2, 0) is 4.79 Å². The van der Waals surface area contributed by atoms with Crippen molar-refractivity contribution >= 4 is 5.97 Å². The molecule has 0 aliphatic carbocycles. The fourth-order valence-corrected chi connectivity index (χ4v) is 1.00. The highest BCUT2D eigenvalue weighted by atomic mass is 16.4. The van der Waals surface area contributed by atoms with Crippen molar-refractivity contribution in [3.63, 3.8) is 0 Å². The molecule has 0 aliphatic heterocycles. The molecule has 1 atom stereocenters. The highest BCUT2D eigenvalue weighted by Gasteiger charge is 2.10. The summed E-state index contributed by atoms with van der Waals surface area (Å²) in [7, 11) is 0. The Morgan fingerprint density at radius 3 is 2.55 bits per heavy atom. The molecule has 0 heterocycles. The van der Waals surface area contributed by atoms with Crippen LogP contribution in [0.15, 0.2) is 11.6 Å². The van der Waals surface area contributed by atoms with Crippen LogP contribution in [0, 0.1) is 5.92 Å². The molecule has 0 aromatic rings. The van der Waals surface area contributed by atoms with Gasteiger partial charge in [-0.3, -0.25) is 4.79 Å². The van der Waals surface area contributed by atoms with Crippen LogP contribution in [0.5, 0.6) is 0 Å². The van der Waals surface area contributed by atoms with Crippen LogP contribution in [-0.4, -0.2) is 11.1 Å². The molecule has 0 radical (unpaired) electrons. The van der Waals surface area contributed by atoms with E-state index < -0.39 is 5.97 Å². The second-order valence-corrected chi connectivity index (χ2v) is 2.90. The first-order chi connectivity index (χ1) is 5.07. The Balaban J connectivity index is 3.84. The average Bonchev–Trinajstić information content (AvgIpc) is 1.87. The summed E-state index contributed by atoms with van der Waals surface area (Å²) in [6, 6.07) is 0. The molecule has 0 aliphatic rings. The standard InChI is InChI=1S/C9H16O2/c1-4-5-7(2)6-8(3)9(10)11/h5,8H,4,6H2,1-3H3,(H,10,11)/b7-5+/t8-/m1/s1. The lowest BCUT2D eigenvalue weighted by Crippen LogP contribution is -2.09. The van der Waals surface area contributed by atoms with Crippen LogP contribution in [0.2, 0.25) is 0 Å². The van der Waals surface area contributed by atoms with Gasteiger partial charge >= 0.3 is 5.97 Å². The van der Waals surface area contributed by atoms with Crippen molar-refractivity contribution < 1.29 is 9.90 Å². The molecule has 0 amide bonds. The molecule has 0 spiro atoms. The number of aliphatic carboxylic acids is 1. The predicted octanol–water partition coefficient (Wildman–Crippen LogP) is 2.45. The summed E-state index contributed by atoms with van der Waals surface area (Å²) in [4.78, 5) is 10.4. The lowest BCUT2D eigenvalue weighted by atomic mass is 10.0. The van der Waals surface area contributed by atoms with E-state index in [0.29, 0.717) is 6.42 Å². The van der Waals surface area contributed by atoms with Crippen molar-refractivity contribution in [2.24, 2.45) is 5.92 Å². The van der Waals surface area contributed by atoms with Gasteiger partial charge in [-0.2, -0.15) is 0 Å². The molecule has 0 saturated carbocycles. The van der Waals surface area contributed by atoms with Crippen LogP contribution < -0.4 is 0 Å². The summed E-state index contributed by atoms with van der Waals surface area (Å²) in [5, 5.41) is 8.57. The van der Waals surface area contributed by atoms with Crippen molar-refractivity contribution in [3.8, 4) is 0 Å². The van der Waals surface area contributed by atoms with Crippen molar-refractivity contribution in [3.05, 3.63) is 11.6 Å². The zero-order chi connectivity index (χ0) is 8.85. The molecule has 0 unspecified atom stereocenters. The van der Waals surface area contributed by atoms with Gasteiger partial charge in [-0.25, -0.2) is 0 Å². The second kappa shape index (κ2) is 4.94. The Morgan fingerprint density at radius 1 is 1.64 bits per heavy atom. The minimum absolute atomic E-state index is 0.252. The number of rotatable bonds is 4. The van der Waals surface area contributed by atoms with Gasteiger partial charge in [-0.05, 0) is 19.8 Å². The zero-order valence-electron chi connectivity index (χ0n) is 7.42. The van der Waals surface area contributed by atoms with Crippen molar-refractivity contribution in [2.75, 3.05) is 0 Å². The number of carboxylic acids is 1. The summed E-state index contributed by atoms with van der Waals surface area (Å²) < 4.78 is 0. The highest BCUT2D eigenvalue weighted by Crippen LogP contribution is 2.10. The molecule has 0 aromatic heterocycles. The van der Waals surface area contributed by atoms with E-state index in [9.17, 15) is 4.79 Å². The van der Waals surface area contributed by atoms with Gasteiger partial charge in [0.25, 0.3) is 0 Å². The van der Waals surface area contributed by atoms with E-state index in [1.807, 2.05) is 6.92 Å². The lowest BCUT2D eigenvalue weighted by Gasteiger charge is -2.04. The largest absolute Gasteiger partial charge is 0.481 e. The summed E-state index contributed by atoms with van der Waals surface area (Å²) in [5.41, 5.74) is 1.17. The van der Waals surface area contributed by atoms with Crippen LogP contribution >= 0.6 is 0 Å². The van der Waals surface area contributed by atoms with Gasteiger partial charge in [0.1, 0.15) is 0 Å². The van der Waals surface area contributed by atoms with Gasteiger partial charge in [-0.1, -0.05) is 25.5 Å².